The summed E-state index contributed by atoms with van der Waals surface area (Å²) < 4.78 is 0. The Bertz CT molecular complexity index is 551. The molecule has 17 heavy (non-hydrogen) atoms. The molecule has 1 aliphatic heterocycles. The van der Waals surface area contributed by atoms with E-state index in [9.17, 15) is 0 Å². The fraction of sp³-hybridized carbons (Fsp3) is 0.467. The topological polar surface area (TPSA) is 19.0 Å². The first-order valence-electron chi connectivity index (χ1n) is 6.49. The summed E-state index contributed by atoms with van der Waals surface area (Å²) >= 11 is 0. The third-order valence-corrected chi connectivity index (χ3v) is 3.89. The number of rotatable bonds is 1. The molecule has 0 amide bonds. The summed E-state index contributed by atoms with van der Waals surface area (Å²) in [5.41, 5.74) is 5.60. The quantitative estimate of drug-likeness (QED) is 0.794. The predicted molar refractivity (Wildman–Crippen MR) is 72.3 cm³/mol. The lowest BCUT2D eigenvalue weighted by atomic mass is 10.0. The molecule has 1 aliphatic rings. The maximum atomic E-state index is 3.60. The van der Waals surface area contributed by atoms with Crippen molar-refractivity contribution in [3.8, 4) is 0 Å². The van der Waals surface area contributed by atoms with E-state index < -0.39 is 0 Å². The second-order valence-corrected chi connectivity index (χ2v) is 5.45. The van der Waals surface area contributed by atoms with Gasteiger partial charge in [-0.1, -0.05) is 12.1 Å². The van der Waals surface area contributed by atoms with Crippen LogP contribution in [0, 0.1) is 6.92 Å². The molecule has 0 fully saturated rings. The van der Waals surface area contributed by atoms with Crippen molar-refractivity contribution in [3.63, 3.8) is 0 Å². The van der Waals surface area contributed by atoms with Crippen molar-refractivity contribution in [1.82, 2.24) is 9.88 Å². The van der Waals surface area contributed by atoms with E-state index in [2.05, 4.69) is 48.9 Å². The minimum absolute atomic E-state index is 0.635. The van der Waals surface area contributed by atoms with Crippen molar-refractivity contribution in [2.45, 2.75) is 39.8 Å². The van der Waals surface area contributed by atoms with Gasteiger partial charge in [0, 0.05) is 35.7 Å². The molecule has 0 radical (unpaired) electrons. The van der Waals surface area contributed by atoms with Gasteiger partial charge < -0.3 is 4.98 Å². The van der Waals surface area contributed by atoms with Crippen molar-refractivity contribution in [2.24, 2.45) is 0 Å². The third kappa shape index (κ3) is 1.77. The Labute approximate surface area is 103 Å². The minimum atomic E-state index is 0.635. The Morgan fingerprint density at radius 3 is 2.88 bits per heavy atom. The molecule has 1 aromatic heterocycles. The molecule has 0 bridgehead atoms. The predicted octanol–water partition coefficient (Wildman–Crippen LogP) is 3.24. The zero-order valence-electron chi connectivity index (χ0n) is 10.9. The highest BCUT2D eigenvalue weighted by molar-refractivity contribution is 5.85. The van der Waals surface area contributed by atoms with E-state index in [0.717, 1.165) is 6.54 Å². The van der Waals surface area contributed by atoms with Gasteiger partial charge in [0.25, 0.3) is 0 Å². The van der Waals surface area contributed by atoms with Crippen LogP contribution in [-0.4, -0.2) is 22.5 Å². The number of hydrogen-bond acceptors (Lipinski definition) is 1. The molecular weight excluding hydrogens is 208 g/mol. The van der Waals surface area contributed by atoms with Crippen molar-refractivity contribution in [3.05, 3.63) is 35.0 Å². The molecule has 3 rings (SSSR count). The standard InChI is InChI=1S/C15H20N2/c1-10(2)17-7-6-13-12-5-4-11(3)8-14(12)16-15(13)9-17/h4-5,8,10,16H,6-7,9H2,1-3H3. The molecular formula is C15H20N2. The number of nitrogens with one attached hydrogen (secondary N) is 1. The zero-order chi connectivity index (χ0) is 12.0. The van der Waals surface area contributed by atoms with E-state index in [4.69, 9.17) is 0 Å². The van der Waals surface area contributed by atoms with Gasteiger partial charge in [-0.2, -0.15) is 0 Å². The summed E-state index contributed by atoms with van der Waals surface area (Å²) in [5, 5.41) is 1.43. The lowest BCUT2D eigenvalue weighted by Gasteiger charge is -2.30. The van der Waals surface area contributed by atoms with E-state index >= 15 is 0 Å². The summed E-state index contributed by atoms with van der Waals surface area (Å²) in [5.74, 6) is 0. The van der Waals surface area contributed by atoms with Gasteiger partial charge in [0.15, 0.2) is 0 Å². The highest BCUT2D eigenvalue weighted by Gasteiger charge is 2.21. The number of aromatic nitrogens is 1. The van der Waals surface area contributed by atoms with Gasteiger partial charge in [-0.05, 0) is 44.4 Å². The fourth-order valence-electron chi connectivity index (χ4n) is 2.82. The average molecular weight is 228 g/mol. The van der Waals surface area contributed by atoms with Crippen molar-refractivity contribution in [1.29, 1.82) is 0 Å². The number of H-pyrrole nitrogens is 1. The van der Waals surface area contributed by atoms with Gasteiger partial charge in [-0.25, -0.2) is 0 Å². The number of nitrogens with zero attached hydrogens (tertiary/aromatic N) is 1. The first-order chi connectivity index (χ1) is 8.15. The Morgan fingerprint density at radius 2 is 2.12 bits per heavy atom. The van der Waals surface area contributed by atoms with Crippen LogP contribution in [0.3, 0.4) is 0 Å². The Kier molecular flexibility index (Phi) is 2.48. The van der Waals surface area contributed by atoms with E-state index in [1.165, 1.54) is 40.7 Å². The monoisotopic (exact) mass is 228 g/mol. The normalized spacial score (nSPS) is 16.7. The Hall–Kier alpha value is -1.28. The van der Waals surface area contributed by atoms with E-state index in [0.29, 0.717) is 6.04 Å². The van der Waals surface area contributed by atoms with E-state index in [-0.39, 0.29) is 0 Å². The van der Waals surface area contributed by atoms with Crippen LogP contribution in [0.2, 0.25) is 0 Å². The third-order valence-electron chi connectivity index (χ3n) is 3.89. The molecule has 0 unspecified atom stereocenters. The van der Waals surface area contributed by atoms with Crippen LogP contribution in [0.15, 0.2) is 18.2 Å². The lowest BCUT2D eigenvalue weighted by molar-refractivity contribution is 0.201. The van der Waals surface area contributed by atoms with Crippen LogP contribution in [0.4, 0.5) is 0 Å². The highest BCUT2D eigenvalue weighted by atomic mass is 15.2. The van der Waals surface area contributed by atoms with Crippen LogP contribution in [0.1, 0.15) is 30.7 Å². The maximum Gasteiger partial charge on any atom is 0.0461 e. The van der Waals surface area contributed by atoms with Gasteiger partial charge in [-0.3, -0.25) is 4.90 Å². The molecule has 0 spiro atoms. The molecule has 2 aromatic rings. The van der Waals surface area contributed by atoms with E-state index in [1.54, 1.807) is 0 Å². The molecule has 0 saturated heterocycles. The average Bonchev–Trinajstić information content (AvgIpc) is 2.64. The molecule has 0 aliphatic carbocycles. The van der Waals surface area contributed by atoms with Gasteiger partial charge in [0.2, 0.25) is 0 Å². The van der Waals surface area contributed by atoms with E-state index in [1.807, 2.05) is 0 Å². The second-order valence-electron chi connectivity index (χ2n) is 5.45. The molecule has 0 saturated carbocycles. The molecule has 90 valence electrons. The first-order valence-corrected chi connectivity index (χ1v) is 6.49. The highest BCUT2D eigenvalue weighted by Crippen LogP contribution is 2.28. The SMILES string of the molecule is Cc1ccc2c3c([nH]c2c1)CN(C(C)C)CC3. The smallest absolute Gasteiger partial charge is 0.0461 e. The van der Waals surface area contributed by atoms with Gasteiger partial charge in [0.1, 0.15) is 0 Å². The zero-order valence-corrected chi connectivity index (χ0v) is 10.9. The second kappa shape index (κ2) is 3.88. The largest absolute Gasteiger partial charge is 0.357 e. The maximum absolute atomic E-state index is 3.60. The van der Waals surface area contributed by atoms with Gasteiger partial charge in [-0.15, -0.1) is 0 Å². The first kappa shape index (κ1) is 10.8. The van der Waals surface area contributed by atoms with Crippen LogP contribution >= 0.6 is 0 Å². The van der Waals surface area contributed by atoms with Gasteiger partial charge in [0.05, 0.1) is 0 Å². The van der Waals surface area contributed by atoms with Gasteiger partial charge >= 0.3 is 0 Å². The molecule has 1 aromatic carbocycles. The molecule has 2 heteroatoms. The Morgan fingerprint density at radius 1 is 1.29 bits per heavy atom. The number of aryl methyl sites for hydroxylation is 1. The number of hydrogen-bond donors (Lipinski definition) is 1. The number of benzene rings is 1. The number of fused-ring (bicyclic) bond motifs is 3. The summed E-state index contributed by atoms with van der Waals surface area (Å²) in [4.78, 5) is 6.13. The van der Waals surface area contributed by atoms with Crippen molar-refractivity contribution < 1.29 is 0 Å². The summed E-state index contributed by atoms with van der Waals surface area (Å²) in [6.07, 6.45) is 1.18. The minimum Gasteiger partial charge on any atom is -0.357 e. The number of aromatic amines is 1. The van der Waals surface area contributed by atoms with Crippen molar-refractivity contribution >= 4 is 10.9 Å². The van der Waals surface area contributed by atoms with Crippen LogP contribution < -0.4 is 0 Å². The van der Waals surface area contributed by atoms with Crippen LogP contribution in [0.5, 0.6) is 0 Å². The lowest BCUT2D eigenvalue weighted by Crippen LogP contribution is -2.35. The van der Waals surface area contributed by atoms with Crippen LogP contribution in [0.25, 0.3) is 10.9 Å². The van der Waals surface area contributed by atoms with Crippen LogP contribution in [-0.2, 0) is 13.0 Å². The summed E-state index contributed by atoms with van der Waals surface area (Å²) in [6, 6.07) is 7.38. The molecule has 2 heterocycles. The fourth-order valence-corrected chi connectivity index (χ4v) is 2.82. The summed E-state index contributed by atoms with van der Waals surface area (Å²) in [6.45, 7) is 8.96. The Balaban J connectivity index is 2.07. The van der Waals surface area contributed by atoms with Crippen molar-refractivity contribution in [2.75, 3.05) is 6.54 Å². The summed E-state index contributed by atoms with van der Waals surface area (Å²) in [7, 11) is 0. The molecule has 1 N–H and O–H groups in total. The molecule has 0 atom stereocenters. The molecule has 2 nitrogen and oxygen atoms in total.